The SMILES string of the molecule is C=CCCN1CCc2cc(OC)c(OC)cc2C1c1ccc(F)cc1. The van der Waals surface area contributed by atoms with Gasteiger partial charge in [-0.15, -0.1) is 6.58 Å². The minimum atomic E-state index is -0.218. The Morgan fingerprint density at radius 2 is 1.84 bits per heavy atom. The Balaban J connectivity index is 2.09. The second kappa shape index (κ2) is 7.70. The number of methoxy groups -OCH3 is 2. The summed E-state index contributed by atoms with van der Waals surface area (Å²) in [5.74, 6) is 1.25. The summed E-state index contributed by atoms with van der Waals surface area (Å²) < 4.78 is 24.4. The topological polar surface area (TPSA) is 21.7 Å². The molecule has 1 aliphatic rings. The highest BCUT2D eigenvalue weighted by atomic mass is 19.1. The van der Waals surface area contributed by atoms with E-state index >= 15 is 0 Å². The van der Waals surface area contributed by atoms with E-state index in [9.17, 15) is 4.39 Å². The normalized spacial score (nSPS) is 17.0. The molecule has 25 heavy (non-hydrogen) atoms. The molecule has 1 atom stereocenters. The summed E-state index contributed by atoms with van der Waals surface area (Å²) in [6.45, 7) is 5.69. The monoisotopic (exact) mass is 341 g/mol. The lowest BCUT2D eigenvalue weighted by Crippen LogP contribution is -2.36. The van der Waals surface area contributed by atoms with Gasteiger partial charge in [-0.3, -0.25) is 4.90 Å². The van der Waals surface area contributed by atoms with Crippen molar-refractivity contribution in [2.24, 2.45) is 0 Å². The summed E-state index contributed by atoms with van der Waals surface area (Å²) in [7, 11) is 3.30. The van der Waals surface area contributed by atoms with Gasteiger partial charge in [-0.25, -0.2) is 4.39 Å². The molecule has 1 unspecified atom stereocenters. The highest BCUT2D eigenvalue weighted by Crippen LogP contribution is 2.41. The van der Waals surface area contributed by atoms with Crippen molar-refractivity contribution in [1.29, 1.82) is 0 Å². The molecule has 4 heteroatoms. The van der Waals surface area contributed by atoms with Crippen molar-refractivity contribution >= 4 is 0 Å². The smallest absolute Gasteiger partial charge is 0.161 e. The van der Waals surface area contributed by atoms with Gasteiger partial charge in [-0.1, -0.05) is 18.2 Å². The first kappa shape index (κ1) is 17.5. The van der Waals surface area contributed by atoms with Gasteiger partial charge < -0.3 is 9.47 Å². The highest BCUT2D eigenvalue weighted by Gasteiger charge is 2.29. The predicted molar refractivity (Wildman–Crippen MR) is 97.9 cm³/mol. The molecule has 3 rings (SSSR count). The molecule has 1 aliphatic heterocycles. The number of hydrogen-bond donors (Lipinski definition) is 0. The van der Waals surface area contributed by atoms with Crippen LogP contribution in [0.5, 0.6) is 11.5 Å². The third kappa shape index (κ3) is 3.54. The summed E-state index contributed by atoms with van der Waals surface area (Å²) in [5.41, 5.74) is 3.53. The van der Waals surface area contributed by atoms with Gasteiger partial charge in [0.2, 0.25) is 0 Å². The van der Waals surface area contributed by atoms with E-state index in [-0.39, 0.29) is 11.9 Å². The van der Waals surface area contributed by atoms with Gasteiger partial charge in [0.15, 0.2) is 11.5 Å². The minimum absolute atomic E-state index is 0.0732. The molecule has 0 fully saturated rings. The van der Waals surface area contributed by atoms with E-state index in [2.05, 4.69) is 23.6 Å². The van der Waals surface area contributed by atoms with Crippen LogP contribution in [-0.2, 0) is 6.42 Å². The van der Waals surface area contributed by atoms with Gasteiger partial charge >= 0.3 is 0 Å². The molecule has 0 aliphatic carbocycles. The maximum absolute atomic E-state index is 13.4. The summed E-state index contributed by atoms with van der Waals surface area (Å²) in [6.07, 6.45) is 3.80. The maximum Gasteiger partial charge on any atom is 0.161 e. The first-order chi connectivity index (χ1) is 12.2. The largest absolute Gasteiger partial charge is 0.493 e. The molecular formula is C21H24FNO2. The van der Waals surface area contributed by atoms with Crippen LogP contribution in [0, 0.1) is 5.82 Å². The number of nitrogens with zero attached hydrogens (tertiary/aromatic N) is 1. The van der Waals surface area contributed by atoms with Crippen molar-refractivity contribution in [2.75, 3.05) is 27.3 Å². The molecule has 2 aromatic rings. The maximum atomic E-state index is 13.4. The molecule has 0 spiro atoms. The van der Waals surface area contributed by atoms with Crippen LogP contribution < -0.4 is 9.47 Å². The zero-order valence-corrected chi connectivity index (χ0v) is 14.8. The Labute approximate surface area is 148 Å². The van der Waals surface area contributed by atoms with E-state index < -0.39 is 0 Å². The zero-order valence-electron chi connectivity index (χ0n) is 14.8. The first-order valence-electron chi connectivity index (χ1n) is 8.53. The Morgan fingerprint density at radius 1 is 1.16 bits per heavy atom. The van der Waals surface area contributed by atoms with Crippen molar-refractivity contribution in [2.45, 2.75) is 18.9 Å². The minimum Gasteiger partial charge on any atom is -0.493 e. The fourth-order valence-electron chi connectivity index (χ4n) is 3.53. The third-order valence-electron chi connectivity index (χ3n) is 4.78. The van der Waals surface area contributed by atoms with Crippen molar-refractivity contribution in [3.05, 3.63) is 71.6 Å². The second-order valence-corrected chi connectivity index (χ2v) is 6.22. The highest BCUT2D eigenvalue weighted by molar-refractivity contribution is 5.51. The van der Waals surface area contributed by atoms with E-state index in [0.717, 1.165) is 43.0 Å². The van der Waals surface area contributed by atoms with Crippen molar-refractivity contribution < 1.29 is 13.9 Å². The lowest BCUT2D eigenvalue weighted by atomic mass is 9.87. The molecular weight excluding hydrogens is 317 g/mol. The van der Waals surface area contributed by atoms with Gasteiger partial charge in [-0.2, -0.15) is 0 Å². The van der Waals surface area contributed by atoms with Gasteiger partial charge in [-0.05, 0) is 53.8 Å². The molecule has 0 bridgehead atoms. The zero-order chi connectivity index (χ0) is 17.8. The first-order valence-corrected chi connectivity index (χ1v) is 8.53. The molecule has 1 heterocycles. The summed E-state index contributed by atoms with van der Waals surface area (Å²) in [4.78, 5) is 2.42. The molecule has 3 nitrogen and oxygen atoms in total. The Hall–Kier alpha value is -2.33. The van der Waals surface area contributed by atoms with E-state index in [0.29, 0.717) is 0 Å². The van der Waals surface area contributed by atoms with Gasteiger partial charge in [0, 0.05) is 13.1 Å². The Kier molecular flexibility index (Phi) is 5.39. The van der Waals surface area contributed by atoms with E-state index in [1.165, 1.54) is 23.3 Å². The van der Waals surface area contributed by atoms with Crippen molar-refractivity contribution in [1.82, 2.24) is 4.90 Å². The number of rotatable bonds is 6. The van der Waals surface area contributed by atoms with Gasteiger partial charge in [0.25, 0.3) is 0 Å². The second-order valence-electron chi connectivity index (χ2n) is 6.22. The molecule has 0 aromatic heterocycles. The number of ether oxygens (including phenoxy) is 2. The van der Waals surface area contributed by atoms with Crippen LogP contribution in [0.4, 0.5) is 4.39 Å². The van der Waals surface area contributed by atoms with Crippen LogP contribution in [0.15, 0.2) is 49.1 Å². The summed E-state index contributed by atoms with van der Waals surface area (Å²) in [6, 6.07) is 11.0. The lowest BCUT2D eigenvalue weighted by Gasteiger charge is -2.38. The number of hydrogen-bond acceptors (Lipinski definition) is 3. The molecule has 0 amide bonds. The summed E-state index contributed by atoms with van der Waals surface area (Å²) >= 11 is 0. The van der Waals surface area contributed by atoms with Crippen LogP contribution in [0.25, 0.3) is 0 Å². The molecule has 0 N–H and O–H groups in total. The number of fused-ring (bicyclic) bond motifs is 1. The lowest BCUT2D eigenvalue weighted by molar-refractivity contribution is 0.216. The molecule has 0 radical (unpaired) electrons. The molecule has 2 aromatic carbocycles. The van der Waals surface area contributed by atoms with Gasteiger partial charge in [0.1, 0.15) is 5.82 Å². The fraction of sp³-hybridized carbons (Fsp3) is 0.333. The Bertz CT molecular complexity index is 742. The van der Waals surface area contributed by atoms with Crippen LogP contribution in [0.1, 0.15) is 29.2 Å². The van der Waals surface area contributed by atoms with Crippen LogP contribution in [0.2, 0.25) is 0 Å². The van der Waals surface area contributed by atoms with E-state index in [1.807, 2.05) is 18.2 Å². The molecule has 0 saturated carbocycles. The van der Waals surface area contributed by atoms with E-state index in [4.69, 9.17) is 9.47 Å². The van der Waals surface area contributed by atoms with E-state index in [1.54, 1.807) is 14.2 Å². The van der Waals surface area contributed by atoms with Crippen molar-refractivity contribution in [3.63, 3.8) is 0 Å². The molecule has 0 saturated heterocycles. The average Bonchev–Trinajstić information content (AvgIpc) is 2.65. The number of halogens is 1. The third-order valence-corrected chi connectivity index (χ3v) is 4.78. The quantitative estimate of drug-likeness (QED) is 0.729. The van der Waals surface area contributed by atoms with Crippen molar-refractivity contribution in [3.8, 4) is 11.5 Å². The van der Waals surface area contributed by atoms with Crippen LogP contribution in [0.3, 0.4) is 0 Å². The molecule has 132 valence electrons. The van der Waals surface area contributed by atoms with Crippen LogP contribution in [-0.4, -0.2) is 32.2 Å². The number of benzene rings is 2. The van der Waals surface area contributed by atoms with Gasteiger partial charge in [0.05, 0.1) is 20.3 Å². The summed E-state index contributed by atoms with van der Waals surface area (Å²) in [5, 5.41) is 0. The fourth-order valence-corrected chi connectivity index (χ4v) is 3.53. The Morgan fingerprint density at radius 3 is 2.48 bits per heavy atom. The standard InChI is InChI=1S/C21H24FNO2/c1-4-5-11-23-12-10-16-13-19(24-2)20(25-3)14-18(16)21(23)15-6-8-17(22)9-7-15/h4,6-9,13-14,21H,1,5,10-12H2,2-3H3. The predicted octanol–water partition coefficient (Wildman–Crippen LogP) is 4.37. The average molecular weight is 341 g/mol. The van der Waals surface area contributed by atoms with Crippen LogP contribution >= 0.6 is 0 Å².